The highest BCUT2D eigenvalue weighted by Crippen LogP contribution is 2.49. The van der Waals surface area contributed by atoms with Gasteiger partial charge in [-0.25, -0.2) is 0 Å². The van der Waals surface area contributed by atoms with Crippen LogP contribution in [0.5, 0.6) is 17.2 Å². The summed E-state index contributed by atoms with van der Waals surface area (Å²) in [6, 6.07) is 8.62. The summed E-state index contributed by atoms with van der Waals surface area (Å²) in [6.07, 6.45) is 30.2. The highest BCUT2D eigenvalue weighted by molar-refractivity contribution is 5.95. The number of hydrogen-bond donors (Lipinski definition) is 4. The molecule has 2 spiro atoms. The molecule has 4 atom stereocenters. The van der Waals surface area contributed by atoms with Crippen LogP contribution in [-0.2, 0) is 32.0 Å². The first-order valence-corrected chi connectivity index (χ1v) is 22.7. The summed E-state index contributed by atoms with van der Waals surface area (Å²) in [4.78, 5) is 45.6. The summed E-state index contributed by atoms with van der Waals surface area (Å²) >= 11 is 0. The van der Waals surface area contributed by atoms with Gasteiger partial charge in [0.15, 0.2) is 11.5 Å². The van der Waals surface area contributed by atoms with Crippen LogP contribution in [0.3, 0.4) is 0 Å². The lowest BCUT2D eigenvalue weighted by molar-refractivity contribution is -0.148. The van der Waals surface area contributed by atoms with Crippen LogP contribution in [0.2, 0.25) is 0 Å². The summed E-state index contributed by atoms with van der Waals surface area (Å²) in [5.41, 5.74) is 5.06. The highest BCUT2D eigenvalue weighted by Gasteiger charge is 2.40. The Balaban J connectivity index is 1.30. The van der Waals surface area contributed by atoms with E-state index in [4.69, 9.17) is 9.47 Å². The molecule has 2 aliphatic carbocycles. The standard InChI is InChI=1S/C52H62N4O7/c1-34-11-6-9-17-51(34)20-14-43(63-36(3)58)26-42(59)27-46(38-23-47(60)50(61)48(24-38)62-4)55-32-37-12-10-13-45(44(37)33-55)56(22-16-35(2)57)49-25-41(15-21-54-49)52(18-7-5-8-19-52)29-40-31-53-30-39(40)28-51/h6,9-13,15,17,23-25,30-34,43,46,53-54,60-61H,5,7-8,14,16,18-22,26-29H2,1-4H3. The molecule has 4 aromatic rings. The van der Waals surface area contributed by atoms with E-state index >= 15 is 0 Å². The molecule has 0 radical (unpaired) electrons. The number of phenolic OH excluding ortho intramolecular Hbond substituents is 2. The number of anilines is 1. The Kier molecular flexibility index (Phi) is 12.8. The Morgan fingerprint density at radius 2 is 1.76 bits per heavy atom. The minimum Gasteiger partial charge on any atom is -0.504 e. The van der Waals surface area contributed by atoms with Gasteiger partial charge in [-0.05, 0) is 109 Å². The number of esters is 1. The zero-order chi connectivity index (χ0) is 44.3. The monoisotopic (exact) mass is 854 g/mol. The van der Waals surface area contributed by atoms with E-state index in [1.165, 1.54) is 43.2 Å². The number of aromatic amines is 1. The van der Waals surface area contributed by atoms with E-state index < -0.39 is 18.1 Å². The number of hydrogen-bond acceptors (Lipinski definition) is 9. The number of aromatic nitrogens is 2. The predicted octanol–water partition coefficient (Wildman–Crippen LogP) is 9.69. The van der Waals surface area contributed by atoms with Crippen molar-refractivity contribution in [3.8, 4) is 17.2 Å². The number of rotatable bonds is 6. The van der Waals surface area contributed by atoms with Gasteiger partial charge in [-0.15, -0.1) is 0 Å². The van der Waals surface area contributed by atoms with E-state index in [1.54, 1.807) is 13.0 Å². The zero-order valence-electron chi connectivity index (χ0n) is 37.1. The number of aromatic hydroxyl groups is 2. The second kappa shape index (κ2) is 18.4. The summed E-state index contributed by atoms with van der Waals surface area (Å²) in [7, 11) is 1.42. The van der Waals surface area contributed by atoms with Crippen LogP contribution in [0.1, 0.15) is 108 Å². The number of Topliss-reactive ketones (excluding diaryl/α,β-unsaturated/α-hetero) is 2. The smallest absolute Gasteiger partial charge is 0.302 e. The summed E-state index contributed by atoms with van der Waals surface area (Å²) in [6.45, 7) is 6.40. The Hall–Kier alpha value is -5.97. The number of phenols is 2. The molecule has 4 heterocycles. The van der Waals surface area contributed by atoms with Crippen molar-refractivity contribution in [1.29, 1.82) is 0 Å². The fraction of sp³-hybridized carbons (Fsp3) is 0.442. The van der Waals surface area contributed by atoms with Crippen molar-refractivity contribution in [2.45, 2.75) is 110 Å². The Labute approximate surface area is 370 Å². The number of carbonyl (C=O) groups excluding carboxylic acids is 3. The molecule has 2 aromatic heterocycles. The van der Waals surface area contributed by atoms with Crippen LogP contribution in [0.4, 0.5) is 5.69 Å². The third-order valence-electron chi connectivity index (χ3n) is 14.3. The second-order valence-electron chi connectivity index (χ2n) is 18.4. The van der Waals surface area contributed by atoms with Crippen LogP contribution in [0.25, 0.3) is 10.8 Å². The SMILES string of the molecule is COc1cc(C2CC(=O)CC(OC(C)=O)CCC3(C=CC=CC3C)Cc3c[nH]cc3CC3(CCCCC3)C3=CCNC(=C3)N(CCC(C)=O)c3cccc4cn2cc34)cc(O)c1O. The average Bonchev–Trinajstić information content (AvgIpc) is 3.90. The van der Waals surface area contributed by atoms with Crippen LogP contribution in [0, 0.1) is 16.7 Å². The number of ketones is 2. The maximum atomic E-state index is 14.5. The number of dihydropyridines is 1. The minimum absolute atomic E-state index is 0.00927. The van der Waals surface area contributed by atoms with Crippen molar-refractivity contribution in [2.24, 2.45) is 16.7 Å². The van der Waals surface area contributed by atoms with Gasteiger partial charge < -0.3 is 39.5 Å². The highest BCUT2D eigenvalue weighted by atomic mass is 16.5. The molecule has 1 saturated carbocycles. The van der Waals surface area contributed by atoms with E-state index in [2.05, 4.69) is 77.0 Å². The van der Waals surface area contributed by atoms with Gasteiger partial charge in [-0.3, -0.25) is 14.4 Å². The number of benzene rings is 2. The predicted molar refractivity (Wildman–Crippen MR) is 246 cm³/mol. The zero-order valence-corrected chi connectivity index (χ0v) is 37.1. The number of ether oxygens (including phenoxy) is 2. The number of nitrogens with one attached hydrogen (secondary N) is 2. The first-order chi connectivity index (χ1) is 30.4. The maximum Gasteiger partial charge on any atom is 0.302 e. The van der Waals surface area contributed by atoms with E-state index in [9.17, 15) is 24.6 Å². The Morgan fingerprint density at radius 3 is 2.51 bits per heavy atom. The van der Waals surface area contributed by atoms with E-state index in [0.29, 0.717) is 37.9 Å². The van der Waals surface area contributed by atoms with Gasteiger partial charge in [0.05, 0.1) is 18.8 Å². The summed E-state index contributed by atoms with van der Waals surface area (Å²) < 4.78 is 13.4. The van der Waals surface area contributed by atoms with Crippen LogP contribution < -0.4 is 15.0 Å². The molecular weight excluding hydrogens is 793 g/mol. The van der Waals surface area contributed by atoms with Gasteiger partial charge in [0, 0.05) is 74.8 Å². The van der Waals surface area contributed by atoms with E-state index in [1.807, 2.05) is 29.1 Å². The maximum absolute atomic E-state index is 14.5. The number of H-pyrrole nitrogens is 1. The van der Waals surface area contributed by atoms with Gasteiger partial charge in [-0.1, -0.05) is 68.7 Å². The lowest BCUT2D eigenvalue weighted by atomic mass is 9.63. The molecule has 4 bridgehead atoms. The molecule has 0 amide bonds. The van der Waals surface area contributed by atoms with E-state index in [0.717, 1.165) is 60.8 Å². The summed E-state index contributed by atoms with van der Waals surface area (Å²) in [5, 5.41) is 27.1. The third-order valence-corrected chi connectivity index (χ3v) is 14.3. The number of methoxy groups -OCH3 is 1. The van der Waals surface area contributed by atoms with Crippen molar-refractivity contribution in [3.63, 3.8) is 0 Å². The molecule has 332 valence electrons. The molecule has 4 unspecified atom stereocenters. The van der Waals surface area contributed by atoms with Gasteiger partial charge in [0.1, 0.15) is 23.5 Å². The lowest BCUT2D eigenvalue weighted by Gasteiger charge is -2.42. The molecule has 8 rings (SSSR count). The molecule has 1 fully saturated rings. The Bertz CT molecular complexity index is 2480. The first-order valence-electron chi connectivity index (χ1n) is 22.7. The number of carbonyl (C=O) groups is 3. The van der Waals surface area contributed by atoms with Gasteiger partial charge in [0.25, 0.3) is 0 Å². The molecule has 4 N–H and O–H groups in total. The number of nitrogens with zero attached hydrogens (tertiary/aromatic N) is 2. The molecule has 11 heteroatoms. The average molecular weight is 855 g/mol. The van der Waals surface area contributed by atoms with Crippen LogP contribution in [0.15, 0.2) is 103 Å². The molecule has 0 saturated heterocycles. The third kappa shape index (κ3) is 9.24. The van der Waals surface area contributed by atoms with Gasteiger partial charge in [0.2, 0.25) is 5.75 Å². The fourth-order valence-electron chi connectivity index (χ4n) is 10.8. The van der Waals surface area contributed by atoms with Crippen LogP contribution >= 0.6 is 0 Å². The number of allylic oxidation sites excluding steroid dienone is 6. The van der Waals surface area contributed by atoms with Crippen molar-refractivity contribution in [1.82, 2.24) is 14.9 Å². The summed E-state index contributed by atoms with van der Waals surface area (Å²) in [5.74, 6) is 0.0205. The molecule has 2 aromatic carbocycles. The van der Waals surface area contributed by atoms with Crippen LogP contribution in [-0.4, -0.2) is 63.6 Å². The molecule has 63 heavy (non-hydrogen) atoms. The van der Waals surface area contributed by atoms with E-state index in [-0.39, 0.29) is 58.4 Å². The lowest BCUT2D eigenvalue weighted by Crippen LogP contribution is -2.38. The van der Waals surface area contributed by atoms with Gasteiger partial charge in [-0.2, -0.15) is 0 Å². The van der Waals surface area contributed by atoms with Crippen molar-refractivity contribution < 1.29 is 34.1 Å². The Morgan fingerprint density at radius 1 is 0.968 bits per heavy atom. The molecular formula is C52H62N4O7. The fourth-order valence-corrected chi connectivity index (χ4v) is 10.8. The molecule has 4 aliphatic rings. The topological polar surface area (TPSA) is 146 Å². The first kappa shape index (κ1) is 43.7. The van der Waals surface area contributed by atoms with Crippen molar-refractivity contribution >= 4 is 34.0 Å². The minimum atomic E-state index is -0.649. The largest absolute Gasteiger partial charge is 0.504 e. The van der Waals surface area contributed by atoms with Crippen molar-refractivity contribution in [3.05, 3.63) is 120 Å². The van der Waals surface area contributed by atoms with Gasteiger partial charge >= 0.3 is 5.97 Å². The molecule has 11 nitrogen and oxygen atoms in total. The second-order valence-corrected chi connectivity index (χ2v) is 18.4. The van der Waals surface area contributed by atoms with Crippen molar-refractivity contribution in [2.75, 3.05) is 25.1 Å². The normalized spacial score (nSPS) is 24.0. The number of fused-ring (bicyclic) bond motifs is 4. The molecule has 2 aliphatic heterocycles. The quantitative estimate of drug-likeness (QED) is 0.110.